The summed E-state index contributed by atoms with van der Waals surface area (Å²) in [7, 11) is 0. The third-order valence-electron chi connectivity index (χ3n) is 2.07. The molecule has 0 aliphatic carbocycles. The van der Waals surface area contributed by atoms with E-state index >= 15 is 0 Å². The first-order valence-corrected chi connectivity index (χ1v) is 6.83. The molecule has 1 aromatic carbocycles. The zero-order chi connectivity index (χ0) is 13.3. The number of anilines is 1. The van der Waals surface area contributed by atoms with Crippen LogP contribution >= 0.6 is 39.9 Å². The van der Waals surface area contributed by atoms with Crippen LogP contribution in [0.25, 0.3) is 0 Å². The summed E-state index contributed by atoms with van der Waals surface area (Å²) in [5.74, 6) is -1.85. The highest BCUT2D eigenvalue weighted by atomic mass is 79.9. The van der Waals surface area contributed by atoms with Crippen LogP contribution in [0.1, 0.15) is 9.67 Å². The topological polar surface area (TPSA) is 29.1 Å². The number of nitrogens with one attached hydrogen (secondary N) is 1. The standard InChI is InChI=1S/C11H6BrF2NOS2/c12-6-2-8(14)9(3-7(6)13)15-11(16)10-1-5(17)4-18-10/h1-4,17H,(H,15,16). The molecule has 0 unspecified atom stereocenters. The molecule has 1 aromatic heterocycles. The van der Waals surface area contributed by atoms with Crippen LogP contribution in [0.4, 0.5) is 14.5 Å². The van der Waals surface area contributed by atoms with Gasteiger partial charge in [0.1, 0.15) is 11.6 Å². The highest BCUT2D eigenvalue weighted by Crippen LogP contribution is 2.25. The quantitative estimate of drug-likeness (QED) is 0.613. The van der Waals surface area contributed by atoms with Crippen molar-refractivity contribution in [2.45, 2.75) is 4.90 Å². The van der Waals surface area contributed by atoms with Gasteiger partial charge in [-0.1, -0.05) is 0 Å². The molecule has 2 nitrogen and oxygen atoms in total. The molecule has 0 aliphatic rings. The first-order chi connectivity index (χ1) is 8.47. The summed E-state index contributed by atoms with van der Waals surface area (Å²) in [6.45, 7) is 0. The Morgan fingerprint density at radius 1 is 1.28 bits per heavy atom. The molecule has 1 heterocycles. The SMILES string of the molecule is O=C(Nc1cc(F)c(Br)cc1F)c1cc(S)cs1. The average molecular weight is 350 g/mol. The van der Waals surface area contributed by atoms with Crippen molar-refractivity contribution >= 4 is 51.5 Å². The molecule has 0 atom stereocenters. The van der Waals surface area contributed by atoms with Gasteiger partial charge in [-0.2, -0.15) is 0 Å². The van der Waals surface area contributed by atoms with E-state index < -0.39 is 17.5 Å². The lowest BCUT2D eigenvalue weighted by Crippen LogP contribution is -2.11. The van der Waals surface area contributed by atoms with E-state index in [9.17, 15) is 13.6 Å². The van der Waals surface area contributed by atoms with Crippen molar-refractivity contribution in [2.75, 3.05) is 5.32 Å². The molecule has 18 heavy (non-hydrogen) atoms. The van der Waals surface area contributed by atoms with Crippen LogP contribution in [0.15, 0.2) is 32.9 Å². The Labute approximate surface area is 120 Å². The van der Waals surface area contributed by atoms with Gasteiger partial charge in [-0.25, -0.2) is 8.78 Å². The number of benzene rings is 1. The third kappa shape index (κ3) is 2.90. The van der Waals surface area contributed by atoms with Gasteiger partial charge in [0.05, 0.1) is 15.0 Å². The van der Waals surface area contributed by atoms with E-state index in [0.717, 1.165) is 12.1 Å². The molecule has 0 saturated heterocycles. The van der Waals surface area contributed by atoms with Crippen molar-refractivity contribution < 1.29 is 13.6 Å². The maximum absolute atomic E-state index is 13.5. The molecule has 7 heteroatoms. The summed E-state index contributed by atoms with van der Waals surface area (Å²) >= 11 is 8.10. The van der Waals surface area contributed by atoms with Gasteiger partial charge < -0.3 is 5.32 Å². The number of carbonyl (C=O) groups excluding carboxylic acids is 1. The summed E-state index contributed by atoms with van der Waals surface area (Å²) in [4.78, 5) is 12.8. The summed E-state index contributed by atoms with van der Waals surface area (Å²) < 4.78 is 26.7. The zero-order valence-corrected chi connectivity index (χ0v) is 12.0. The number of hydrogen-bond donors (Lipinski definition) is 2. The molecule has 1 amide bonds. The highest BCUT2D eigenvalue weighted by molar-refractivity contribution is 9.10. The molecule has 0 aliphatic heterocycles. The van der Waals surface area contributed by atoms with Gasteiger partial charge in [-0.15, -0.1) is 24.0 Å². The fourth-order valence-electron chi connectivity index (χ4n) is 1.25. The van der Waals surface area contributed by atoms with Crippen LogP contribution in [-0.4, -0.2) is 5.91 Å². The Kier molecular flexibility index (Phi) is 4.04. The van der Waals surface area contributed by atoms with E-state index in [0.29, 0.717) is 9.77 Å². The first kappa shape index (κ1) is 13.5. The average Bonchev–Trinajstić information content (AvgIpc) is 2.73. The van der Waals surface area contributed by atoms with Gasteiger partial charge in [0.15, 0.2) is 0 Å². The summed E-state index contributed by atoms with van der Waals surface area (Å²) in [6.07, 6.45) is 0. The minimum absolute atomic E-state index is 0.00627. The molecule has 0 fully saturated rings. The molecule has 94 valence electrons. The lowest BCUT2D eigenvalue weighted by Gasteiger charge is -2.06. The van der Waals surface area contributed by atoms with Crippen molar-refractivity contribution in [1.82, 2.24) is 0 Å². The Balaban J connectivity index is 2.24. The molecule has 0 bridgehead atoms. The Morgan fingerprint density at radius 2 is 2.00 bits per heavy atom. The van der Waals surface area contributed by atoms with E-state index in [2.05, 4.69) is 33.9 Å². The van der Waals surface area contributed by atoms with Gasteiger partial charge in [0, 0.05) is 16.3 Å². The Morgan fingerprint density at radius 3 is 2.61 bits per heavy atom. The van der Waals surface area contributed by atoms with E-state index in [-0.39, 0.29) is 10.2 Å². The summed E-state index contributed by atoms with van der Waals surface area (Å²) in [6, 6.07) is 3.44. The maximum atomic E-state index is 13.5. The Hall–Kier alpha value is -0.920. The fraction of sp³-hybridized carbons (Fsp3) is 0. The molecular formula is C11H6BrF2NOS2. The van der Waals surface area contributed by atoms with Gasteiger partial charge in [-0.05, 0) is 28.1 Å². The minimum Gasteiger partial charge on any atom is -0.319 e. The number of carbonyl (C=O) groups is 1. The second-order valence-corrected chi connectivity index (χ2v) is 5.65. The highest BCUT2D eigenvalue weighted by Gasteiger charge is 2.13. The molecule has 2 aromatic rings. The number of hydrogen-bond acceptors (Lipinski definition) is 3. The largest absolute Gasteiger partial charge is 0.319 e. The fourth-order valence-corrected chi connectivity index (χ4v) is 2.61. The van der Waals surface area contributed by atoms with Gasteiger partial charge >= 0.3 is 0 Å². The molecule has 0 radical (unpaired) electrons. The third-order valence-corrected chi connectivity index (χ3v) is 4.04. The number of thiol groups is 1. The number of thiophene rings is 1. The lowest BCUT2D eigenvalue weighted by atomic mass is 10.3. The first-order valence-electron chi connectivity index (χ1n) is 4.71. The van der Waals surface area contributed by atoms with Crippen LogP contribution in [0.2, 0.25) is 0 Å². The minimum atomic E-state index is -0.709. The van der Waals surface area contributed by atoms with Crippen LogP contribution in [0.3, 0.4) is 0 Å². The van der Waals surface area contributed by atoms with Crippen molar-refractivity contribution in [3.8, 4) is 0 Å². The molecular weight excluding hydrogens is 344 g/mol. The van der Waals surface area contributed by atoms with Gasteiger partial charge in [0.2, 0.25) is 0 Å². The van der Waals surface area contributed by atoms with E-state index in [4.69, 9.17) is 0 Å². The van der Waals surface area contributed by atoms with E-state index in [1.165, 1.54) is 11.3 Å². The van der Waals surface area contributed by atoms with Gasteiger partial charge in [0.25, 0.3) is 5.91 Å². The number of amides is 1. The number of rotatable bonds is 2. The van der Waals surface area contributed by atoms with Crippen LogP contribution in [0.5, 0.6) is 0 Å². The molecule has 0 spiro atoms. The van der Waals surface area contributed by atoms with Crippen molar-refractivity contribution in [3.05, 3.63) is 44.6 Å². The van der Waals surface area contributed by atoms with Crippen molar-refractivity contribution in [2.24, 2.45) is 0 Å². The van der Waals surface area contributed by atoms with Crippen molar-refractivity contribution in [1.29, 1.82) is 0 Å². The summed E-state index contributed by atoms with van der Waals surface area (Å²) in [5, 5.41) is 3.99. The number of halogens is 3. The summed E-state index contributed by atoms with van der Waals surface area (Å²) in [5.41, 5.74) is -0.199. The molecule has 1 N–H and O–H groups in total. The smallest absolute Gasteiger partial charge is 0.265 e. The second-order valence-electron chi connectivity index (χ2n) is 3.37. The predicted molar refractivity (Wildman–Crippen MR) is 73.6 cm³/mol. The van der Waals surface area contributed by atoms with E-state index in [1.54, 1.807) is 11.4 Å². The monoisotopic (exact) mass is 349 g/mol. The second kappa shape index (κ2) is 5.38. The predicted octanol–water partition coefficient (Wildman–Crippen LogP) is 4.33. The maximum Gasteiger partial charge on any atom is 0.265 e. The van der Waals surface area contributed by atoms with Crippen molar-refractivity contribution in [3.63, 3.8) is 0 Å². The normalized spacial score (nSPS) is 10.4. The van der Waals surface area contributed by atoms with Gasteiger partial charge in [-0.3, -0.25) is 4.79 Å². The van der Waals surface area contributed by atoms with Crippen LogP contribution < -0.4 is 5.32 Å². The molecule has 2 rings (SSSR count). The van der Waals surface area contributed by atoms with Crippen LogP contribution in [-0.2, 0) is 0 Å². The lowest BCUT2D eigenvalue weighted by molar-refractivity contribution is 0.103. The van der Waals surface area contributed by atoms with E-state index in [1.807, 2.05) is 0 Å². The molecule has 0 saturated carbocycles. The van der Waals surface area contributed by atoms with Crippen LogP contribution in [0, 0.1) is 11.6 Å². The Bertz CT molecular complexity index is 615. The zero-order valence-electron chi connectivity index (χ0n) is 8.71.